The smallest absolute Gasteiger partial charge is 0.371 e. The van der Waals surface area contributed by atoms with Crippen molar-refractivity contribution < 1.29 is 65.9 Å². The minimum absolute atomic E-state index is 0.0125. The number of benzene rings is 2. The van der Waals surface area contributed by atoms with Crippen LogP contribution < -0.4 is 23.7 Å². The number of ether oxygens (including phenoxy) is 9. The summed E-state index contributed by atoms with van der Waals surface area (Å²) in [5.41, 5.74) is 1.03. The molecule has 2 rings (SSSR count). The molecule has 0 radical (unpaired) electrons. The van der Waals surface area contributed by atoms with Gasteiger partial charge >= 0.3 is 11.9 Å². The zero-order chi connectivity index (χ0) is 43.1. The maximum atomic E-state index is 14.8. The van der Waals surface area contributed by atoms with Crippen molar-refractivity contribution in [1.29, 1.82) is 0 Å². The monoisotopic (exact) mass is 836 g/mol. The average Bonchev–Trinajstić information content (AvgIpc) is 3.20. The van der Waals surface area contributed by atoms with Gasteiger partial charge in [0, 0.05) is 20.6 Å². The molecule has 0 spiro atoms. The van der Waals surface area contributed by atoms with Crippen LogP contribution in [0.25, 0.3) is 6.08 Å². The van der Waals surface area contributed by atoms with Gasteiger partial charge in [-0.3, -0.25) is 4.79 Å². The fraction of sp³-hybridized carbons (Fsp3) is 0.585. The summed E-state index contributed by atoms with van der Waals surface area (Å²) in [6.45, 7) is 16.0. The molecule has 0 aromatic heterocycles. The highest BCUT2D eigenvalue weighted by Crippen LogP contribution is 2.46. The molecule has 0 N–H and O–H groups in total. The number of hydrogen-bond acceptors (Lipinski definition) is 14. The number of hydrogen-bond donors (Lipinski definition) is 0. The van der Waals surface area contributed by atoms with Gasteiger partial charge in [-0.25, -0.2) is 9.59 Å². The Morgan fingerprint density at radius 1 is 0.754 bits per heavy atom. The summed E-state index contributed by atoms with van der Waals surface area (Å²) in [6, 6.07) is 7.34. The molecule has 0 aliphatic carbocycles. The predicted molar refractivity (Wildman–Crippen MR) is 222 cm³/mol. The Hall–Kier alpha value is -4.10. The van der Waals surface area contributed by atoms with E-state index in [1.54, 1.807) is 18.2 Å². The quantitative estimate of drug-likeness (QED) is 0.0328. The van der Waals surface area contributed by atoms with Crippen molar-refractivity contribution in [3.63, 3.8) is 0 Å². The standard InChI is InChI=1S/C41H64O14Si2/c1-16-57(17-2,18-3)55-36(34-30(47-9)21-22-31(48-10)37(34)53-26-46-8)29(42)20-19-27-23-28(24-32(39(43)50-12)54-56(14,15)41(4,5)6)33(40(44)51-13)38(49-11)35(27)52-25-45-7/h21-24,36H,16-20,25-26H2,1-15H3/b32-24+. The lowest BCUT2D eigenvalue weighted by molar-refractivity contribution is -0.138. The number of ketones is 1. The lowest BCUT2D eigenvalue weighted by atomic mass is 9.94. The molecule has 0 aliphatic heterocycles. The Balaban J connectivity index is 2.98. The van der Waals surface area contributed by atoms with E-state index in [4.69, 9.17) is 51.5 Å². The van der Waals surface area contributed by atoms with E-state index in [1.807, 2.05) is 33.9 Å². The van der Waals surface area contributed by atoms with Gasteiger partial charge in [0.05, 0.1) is 41.1 Å². The van der Waals surface area contributed by atoms with Crippen LogP contribution >= 0.6 is 0 Å². The van der Waals surface area contributed by atoms with Gasteiger partial charge in [-0.05, 0) is 78.1 Å². The van der Waals surface area contributed by atoms with E-state index in [2.05, 4.69) is 20.8 Å². The van der Waals surface area contributed by atoms with Crippen molar-refractivity contribution in [2.75, 3.05) is 63.4 Å². The van der Waals surface area contributed by atoms with E-state index in [0.29, 0.717) is 22.6 Å². The molecule has 0 bridgehead atoms. The van der Waals surface area contributed by atoms with Crippen molar-refractivity contribution >= 4 is 40.4 Å². The van der Waals surface area contributed by atoms with Crippen molar-refractivity contribution in [2.24, 2.45) is 0 Å². The first-order chi connectivity index (χ1) is 26.9. The topological polar surface area (TPSA) is 153 Å². The molecule has 0 saturated carbocycles. The van der Waals surface area contributed by atoms with Crippen LogP contribution in [0.4, 0.5) is 0 Å². The summed E-state index contributed by atoms with van der Waals surface area (Å²) in [4.78, 5) is 41.6. The first kappa shape index (κ1) is 49.1. The number of esters is 2. The second kappa shape index (κ2) is 22.2. The van der Waals surface area contributed by atoms with Crippen LogP contribution in [-0.4, -0.2) is 97.7 Å². The van der Waals surface area contributed by atoms with Gasteiger partial charge in [0.2, 0.25) is 0 Å². The molecular weight excluding hydrogens is 773 g/mol. The Bertz CT molecular complexity index is 1690. The normalized spacial score (nSPS) is 12.7. The highest BCUT2D eigenvalue weighted by molar-refractivity contribution is 6.74. The number of aryl methyl sites for hydroxylation is 1. The fourth-order valence-electron chi connectivity index (χ4n) is 5.94. The molecule has 1 atom stereocenters. The Morgan fingerprint density at radius 2 is 1.32 bits per heavy atom. The largest absolute Gasteiger partial charge is 0.539 e. The van der Waals surface area contributed by atoms with E-state index in [1.165, 1.54) is 55.8 Å². The fourth-order valence-corrected chi connectivity index (χ4v) is 9.69. The van der Waals surface area contributed by atoms with E-state index < -0.39 is 34.7 Å². The summed E-state index contributed by atoms with van der Waals surface area (Å²) in [7, 11) is 4.75. The Morgan fingerprint density at radius 3 is 1.79 bits per heavy atom. The number of methoxy groups -OCH3 is 7. The van der Waals surface area contributed by atoms with Crippen LogP contribution in [0.5, 0.6) is 28.7 Å². The molecule has 0 heterocycles. The zero-order valence-electron chi connectivity index (χ0n) is 36.6. The molecule has 1 unspecified atom stereocenters. The molecule has 2 aromatic rings. The van der Waals surface area contributed by atoms with Gasteiger partial charge < -0.3 is 51.5 Å². The van der Waals surface area contributed by atoms with Gasteiger partial charge in [-0.15, -0.1) is 0 Å². The molecule has 14 nitrogen and oxygen atoms in total. The third-order valence-corrected chi connectivity index (χ3v) is 19.4. The zero-order valence-corrected chi connectivity index (χ0v) is 38.6. The third kappa shape index (κ3) is 12.0. The number of carbonyl (C=O) groups is 3. The molecule has 57 heavy (non-hydrogen) atoms. The molecule has 0 aliphatic rings. The van der Waals surface area contributed by atoms with Crippen LogP contribution in [0.2, 0.25) is 36.3 Å². The summed E-state index contributed by atoms with van der Waals surface area (Å²) in [6.07, 6.45) is 0.319. The van der Waals surface area contributed by atoms with Gasteiger partial charge in [0.15, 0.2) is 56.4 Å². The van der Waals surface area contributed by atoms with Gasteiger partial charge in [0.25, 0.3) is 8.32 Å². The molecule has 16 heteroatoms. The third-order valence-electron chi connectivity index (χ3n) is 10.5. The molecular formula is C41H64O14Si2. The van der Waals surface area contributed by atoms with Crippen molar-refractivity contribution in [2.45, 2.75) is 96.8 Å². The number of carbonyl (C=O) groups excluding carboxylic acids is 3. The minimum atomic E-state index is -2.60. The summed E-state index contributed by atoms with van der Waals surface area (Å²) < 4.78 is 63.6. The van der Waals surface area contributed by atoms with Crippen LogP contribution in [0.1, 0.15) is 81.1 Å². The lowest BCUT2D eigenvalue weighted by Crippen LogP contribution is -2.41. The highest BCUT2D eigenvalue weighted by Gasteiger charge is 2.42. The van der Waals surface area contributed by atoms with Crippen LogP contribution in [0.15, 0.2) is 24.0 Å². The molecule has 320 valence electrons. The first-order valence-corrected chi connectivity index (χ1v) is 24.4. The summed E-state index contributed by atoms with van der Waals surface area (Å²) >= 11 is 0. The minimum Gasteiger partial charge on any atom is -0.539 e. The Kier molecular flexibility index (Phi) is 19.1. The van der Waals surface area contributed by atoms with Gasteiger partial charge in [-0.1, -0.05) is 41.5 Å². The summed E-state index contributed by atoms with van der Waals surface area (Å²) in [5, 5.41) is -0.279. The lowest BCUT2D eigenvalue weighted by Gasteiger charge is -2.36. The van der Waals surface area contributed by atoms with Crippen LogP contribution in [0, 0.1) is 0 Å². The van der Waals surface area contributed by atoms with E-state index >= 15 is 0 Å². The molecule has 0 fully saturated rings. The van der Waals surface area contributed by atoms with E-state index in [9.17, 15) is 14.4 Å². The van der Waals surface area contributed by atoms with Crippen LogP contribution in [0.3, 0.4) is 0 Å². The maximum absolute atomic E-state index is 14.8. The van der Waals surface area contributed by atoms with Crippen molar-refractivity contribution in [1.82, 2.24) is 0 Å². The SMILES string of the molecule is CC[Si](CC)(CC)OC(C(=O)CCc1cc(/C=C(/O[Si](C)(C)C(C)(C)C)C(=O)OC)c(C(=O)OC)c(OC)c1OCOC)c1c(OC)ccc(OC)c1OCOC. The number of rotatable bonds is 24. The van der Waals surface area contributed by atoms with Crippen LogP contribution in [-0.2, 0) is 43.8 Å². The predicted octanol–water partition coefficient (Wildman–Crippen LogP) is 8.26. The van der Waals surface area contributed by atoms with Gasteiger partial charge in [0.1, 0.15) is 17.4 Å². The van der Waals surface area contributed by atoms with Gasteiger partial charge in [-0.2, -0.15) is 0 Å². The number of Topliss-reactive ketones (excluding diaryl/α,β-unsaturated/α-hetero) is 1. The summed E-state index contributed by atoms with van der Waals surface area (Å²) in [5.74, 6) is -0.707. The van der Waals surface area contributed by atoms with Crippen molar-refractivity contribution in [3.8, 4) is 28.7 Å². The average molecular weight is 837 g/mol. The van der Waals surface area contributed by atoms with E-state index in [-0.39, 0.29) is 71.4 Å². The molecule has 2 aromatic carbocycles. The Labute approximate surface area is 340 Å². The molecule has 0 saturated heterocycles. The molecule has 0 amide bonds. The van der Waals surface area contributed by atoms with E-state index in [0.717, 1.165) is 18.1 Å². The first-order valence-electron chi connectivity index (χ1n) is 18.9. The highest BCUT2D eigenvalue weighted by atomic mass is 28.4. The second-order valence-electron chi connectivity index (χ2n) is 14.7. The van der Waals surface area contributed by atoms with Crippen molar-refractivity contribution in [3.05, 3.63) is 46.2 Å². The second-order valence-corrected chi connectivity index (χ2v) is 24.2. The maximum Gasteiger partial charge on any atom is 0.371 e.